The molecule has 6 heteroatoms. The van der Waals surface area contributed by atoms with Gasteiger partial charge >= 0.3 is 5.97 Å². The third-order valence-corrected chi connectivity index (χ3v) is 4.95. The number of aromatic carboxylic acids is 1. The zero-order chi connectivity index (χ0) is 14.1. The molecule has 2 aromatic rings. The lowest BCUT2D eigenvalue weighted by atomic mass is 10.1. The number of carbonyl (C=O) groups is 2. The lowest BCUT2D eigenvalue weighted by molar-refractivity contribution is -0.116. The van der Waals surface area contributed by atoms with Crippen molar-refractivity contribution in [2.75, 3.05) is 10.7 Å². The van der Waals surface area contributed by atoms with Gasteiger partial charge in [0.1, 0.15) is 0 Å². The number of anilines is 1. The van der Waals surface area contributed by atoms with Gasteiger partial charge in [-0.1, -0.05) is 6.07 Å². The van der Waals surface area contributed by atoms with E-state index in [1.54, 1.807) is 34.4 Å². The van der Waals surface area contributed by atoms with Crippen LogP contribution in [0.2, 0.25) is 0 Å². The first-order valence-electron chi connectivity index (χ1n) is 5.98. The van der Waals surface area contributed by atoms with E-state index in [0.717, 1.165) is 9.77 Å². The average molecular weight is 305 g/mol. The number of nitrogens with zero attached hydrogens (tertiary/aromatic N) is 1. The molecule has 2 heterocycles. The second-order valence-electron chi connectivity index (χ2n) is 4.34. The van der Waals surface area contributed by atoms with Crippen molar-refractivity contribution < 1.29 is 14.7 Å². The fourth-order valence-corrected chi connectivity index (χ4v) is 3.68. The largest absolute Gasteiger partial charge is 0.478 e. The van der Waals surface area contributed by atoms with E-state index < -0.39 is 5.97 Å². The molecule has 3 rings (SSSR count). The van der Waals surface area contributed by atoms with Crippen molar-refractivity contribution in [1.82, 2.24) is 0 Å². The smallest absolute Gasteiger partial charge is 0.335 e. The van der Waals surface area contributed by atoms with Crippen LogP contribution in [0.25, 0.3) is 0 Å². The third kappa shape index (κ3) is 2.44. The Labute approximate surface area is 124 Å². The Balaban J connectivity index is 2.00. The summed E-state index contributed by atoms with van der Waals surface area (Å²) >= 11 is 3.04. The minimum absolute atomic E-state index is 0.0124. The minimum Gasteiger partial charge on any atom is -0.478 e. The molecule has 1 aromatic carbocycles. The van der Waals surface area contributed by atoms with Gasteiger partial charge in [0.25, 0.3) is 0 Å². The number of hydrogen-bond acceptors (Lipinski definition) is 4. The van der Waals surface area contributed by atoms with Crippen molar-refractivity contribution in [3.05, 3.63) is 46.2 Å². The van der Waals surface area contributed by atoms with Gasteiger partial charge in [0.15, 0.2) is 0 Å². The Bertz CT molecular complexity index is 667. The van der Waals surface area contributed by atoms with Gasteiger partial charge in [0.2, 0.25) is 5.91 Å². The summed E-state index contributed by atoms with van der Waals surface area (Å²) in [5, 5.41) is 11.1. The predicted molar refractivity (Wildman–Crippen MR) is 79.6 cm³/mol. The zero-order valence-corrected chi connectivity index (χ0v) is 12.0. The molecule has 4 nitrogen and oxygen atoms in total. The molecule has 1 aliphatic rings. The number of carbonyl (C=O) groups excluding carboxylic acids is 1. The number of fused-ring (bicyclic) bond motifs is 1. The molecule has 1 aliphatic heterocycles. The lowest BCUT2D eigenvalue weighted by Crippen LogP contribution is -2.34. The highest BCUT2D eigenvalue weighted by Crippen LogP contribution is 2.37. The summed E-state index contributed by atoms with van der Waals surface area (Å²) < 4.78 is 0. The van der Waals surface area contributed by atoms with Crippen LogP contribution < -0.4 is 4.90 Å². The maximum absolute atomic E-state index is 12.1. The highest BCUT2D eigenvalue weighted by Gasteiger charge is 2.26. The predicted octanol–water partition coefficient (Wildman–Crippen LogP) is 3.09. The van der Waals surface area contributed by atoms with Crippen molar-refractivity contribution >= 4 is 40.7 Å². The van der Waals surface area contributed by atoms with E-state index in [-0.39, 0.29) is 11.5 Å². The topological polar surface area (TPSA) is 57.6 Å². The van der Waals surface area contributed by atoms with Gasteiger partial charge in [0.05, 0.1) is 23.5 Å². The van der Waals surface area contributed by atoms with E-state index >= 15 is 0 Å². The molecule has 0 saturated heterocycles. The Morgan fingerprint density at radius 3 is 2.90 bits per heavy atom. The highest BCUT2D eigenvalue weighted by atomic mass is 32.2. The fraction of sp³-hybridized carbons (Fsp3) is 0.143. The minimum atomic E-state index is -0.980. The van der Waals surface area contributed by atoms with Crippen LogP contribution in [-0.2, 0) is 11.3 Å². The van der Waals surface area contributed by atoms with Gasteiger partial charge in [0, 0.05) is 9.77 Å². The van der Waals surface area contributed by atoms with Crippen LogP contribution in [-0.4, -0.2) is 22.7 Å². The first-order valence-corrected chi connectivity index (χ1v) is 7.84. The first kappa shape index (κ1) is 13.2. The first-order chi connectivity index (χ1) is 9.65. The standard InChI is InChI=1S/C14H11NO3S2/c16-13-8-20-12-4-3-9(14(17)18)6-11(12)15(13)7-10-2-1-5-19-10/h1-6H,7-8H2,(H,17,18). The molecule has 20 heavy (non-hydrogen) atoms. The van der Waals surface area contributed by atoms with E-state index in [1.165, 1.54) is 11.8 Å². The second-order valence-corrected chi connectivity index (χ2v) is 6.39. The van der Waals surface area contributed by atoms with Crippen molar-refractivity contribution in [1.29, 1.82) is 0 Å². The van der Waals surface area contributed by atoms with Crippen molar-refractivity contribution in [2.45, 2.75) is 11.4 Å². The molecule has 0 unspecified atom stereocenters. The van der Waals surface area contributed by atoms with Crippen molar-refractivity contribution in [3.8, 4) is 0 Å². The molecule has 0 atom stereocenters. The second kappa shape index (κ2) is 5.30. The molecule has 1 amide bonds. The van der Waals surface area contributed by atoms with Crippen LogP contribution in [0.1, 0.15) is 15.2 Å². The number of hydrogen-bond donors (Lipinski definition) is 1. The van der Waals surface area contributed by atoms with Gasteiger partial charge < -0.3 is 10.0 Å². The molecule has 0 fully saturated rings. The number of carboxylic acids is 1. The van der Waals surface area contributed by atoms with E-state index in [4.69, 9.17) is 5.11 Å². The number of carboxylic acid groups (broad SMARTS) is 1. The summed E-state index contributed by atoms with van der Waals surface area (Å²) in [5.74, 6) is -0.574. The molecule has 0 saturated carbocycles. The molecular weight excluding hydrogens is 294 g/mol. The summed E-state index contributed by atoms with van der Waals surface area (Å²) in [6.07, 6.45) is 0. The fourth-order valence-electron chi connectivity index (χ4n) is 2.07. The van der Waals surface area contributed by atoms with Gasteiger partial charge in [-0.15, -0.1) is 23.1 Å². The SMILES string of the molecule is O=C(O)c1ccc2c(c1)N(Cc1cccs1)C(=O)CS2. The normalized spacial score (nSPS) is 14.2. The molecular formula is C14H11NO3S2. The van der Waals surface area contributed by atoms with Gasteiger partial charge in [-0.05, 0) is 29.6 Å². The van der Waals surface area contributed by atoms with Crippen LogP contribution in [0.4, 0.5) is 5.69 Å². The molecule has 102 valence electrons. The molecule has 0 radical (unpaired) electrons. The van der Waals surface area contributed by atoms with Gasteiger partial charge in [-0.2, -0.15) is 0 Å². The van der Waals surface area contributed by atoms with E-state index in [0.29, 0.717) is 18.0 Å². The number of thiophene rings is 1. The Hall–Kier alpha value is -1.79. The Morgan fingerprint density at radius 1 is 1.35 bits per heavy atom. The molecule has 0 aliphatic carbocycles. The molecule has 0 spiro atoms. The van der Waals surface area contributed by atoms with Crippen LogP contribution >= 0.6 is 23.1 Å². The third-order valence-electron chi connectivity index (χ3n) is 3.04. The summed E-state index contributed by atoms with van der Waals surface area (Å²) in [4.78, 5) is 26.9. The maximum Gasteiger partial charge on any atom is 0.335 e. The lowest BCUT2D eigenvalue weighted by Gasteiger charge is -2.28. The van der Waals surface area contributed by atoms with E-state index in [2.05, 4.69) is 0 Å². The summed E-state index contributed by atoms with van der Waals surface area (Å²) in [6.45, 7) is 0.493. The van der Waals surface area contributed by atoms with Crippen molar-refractivity contribution in [3.63, 3.8) is 0 Å². The van der Waals surface area contributed by atoms with Crippen LogP contribution in [0.15, 0.2) is 40.6 Å². The number of benzene rings is 1. The van der Waals surface area contributed by atoms with Gasteiger partial charge in [-0.25, -0.2) is 4.79 Å². The average Bonchev–Trinajstić information content (AvgIpc) is 2.94. The highest BCUT2D eigenvalue weighted by molar-refractivity contribution is 8.00. The Kier molecular flexibility index (Phi) is 3.50. The summed E-state index contributed by atoms with van der Waals surface area (Å²) in [5.41, 5.74) is 0.898. The van der Waals surface area contributed by atoms with E-state index in [9.17, 15) is 9.59 Å². The summed E-state index contributed by atoms with van der Waals surface area (Å²) in [7, 11) is 0. The number of amides is 1. The molecule has 1 N–H and O–H groups in total. The van der Waals surface area contributed by atoms with E-state index in [1.807, 2.05) is 17.5 Å². The summed E-state index contributed by atoms with van der Waals surface area (Å²) in [6, 6.07) is 8.85. The van der Waals surface area contributed by atoms with Crippen LogP contribution in [0.3, 0.4) is 0 Å². The number of rotatable bonds is 3. The monoisotopic (exact) mass is 305 g/mol. The van der Waals surface area contributed by atoms with Gasteiger partial charge in [-0.3, -0.25) is 4.79 Å². The number of thioether (sulfide) groups is 1. The van der Waals surface area contributed by atoms with Crippen molar-refractivity contribution in [2.24, 2.45) is 0 Å². The Morgan fingerprint density at radius 2 is 2.20 bits per heavy atom. The molecule has 0 bridgehead atoms. The zero-order valence-electron chi connectivity index (χ0n) is 10.4. The van der Waals surface area contributed by atoms with Crippen LogP contribution in [0.5, 0.6) is 0 Å². The molecule has 1 aromatic heterocycles. The quantitative estimate of drug-likeness (QED) is 0.946. The maximum atomic E-state index is 12.1. The van der Waals surface area contributed by atoms with Crippen LogP contribution in [0, 0.1) is 0 Å².